The van der Waals surface area contributed by atoms with Gasteiger partial charge in [-0.3, -0.25) is 9.52 Å². The average molecular weight is 462 g/mol. The van der Waals surface area contributed by atoms with Crippen LogP contribution < -0.4 is 19.5 Å². The van der Waals surface area contributed by atoms with Crippen LogP contribution in [0.25, 0.3) is 0 Å². The molecule has 162 valence electrons. The molecule has 0 aliphatic carbocycles. The molecule has 1 amide bonds. The number of para-hydroxylation sites is 2. The third-order valence-corrected chi connectivity index (χ3v) is 6.14. The molecule has 0 aliphatic heterocycles. The van der Waals surface area contributed by atoms with E-state index in [9.17, 15) is 13.2 Å². The Hall–Kier alpha value is -3.30. The Morgan fingerprint density at radius 2 is 1.84 bits per heavy atom. The van der Waals surface area contributed by atoms with Gasteiger partial charge in [0.15, 0.2) is 0 Å². The van der Waals surface area contributed by atoms with Crippen molar-refractivity contribution < 1.29 is 22.7 Å². The molecule has 10 heteroatoms. The molecule has 8 nitrogen and oxygen atoms in total. The zero-order valence-corrected chi connectivity index (χ0v) is 18.3. The maximum absolute atomic E-state index is 12.9. The molecule has 0 bridgehead atoms. The van der Waals surface area contributed by atoms with Gasteiger partial charge >= 0.3 is 0 Å². The minimum Gasteiger partial charge on any atom is -0.495 e. The predicted octanol–water partition coefficient (Wildman–Crippen LogP) is 3.48. The molecule has 2 N–H and O–H groups in total. The van der Waals surface area contributed by atoms with E-state index in [2.05, 4.69) is 15.0 Å². The molecule has 2 aromatic carbocycles. The van der Waals surface area contributed by atoms with Gasteiger partial charge in [0.1, 0.15) is 10.6 Å². The van der Waals surface area contributed by atoms with Crippen LogP contribution in [0.3, 0.4) is 0 Å². The van der Waals surface area contributed by atoms with Crippen molar-refractivity contribution in [2.45, 2.75) is 11.4 Å². The van der Waals surface area contributed by atoms with E-state index in [1.807, 2.05) is 0 Å². The first kappa shape index (κ1) is 22.4. The van der Waals surface area contributed by atoms with Crippen LogP contribution in [0.5, 0.6) is 11.6 Å². The largest absolute Gasteiger partial charge is 0.495 e. The molecular weight excluding hydrogens is 442 g/mol. The van der Waals surface area contributed by atoms with E-state index >= 15 is 0 Å². The maximum atomic E-state index is 12.9. The van der Waals surface area contributed by atoms with Crippen LogP contribution in [-0.4, -0.2) is 33.5 Å². The SMILES string of the molecule is COc1ccc(CNC(=O)c2ccc(Cl)c(S(=O)(=O)Nc3ccccc3OC)c2)cn1. The topological polar surface area (TPSA) is 107 Å². The van der Waals surface area contributed by atoms with E-state index in [-0.39, 0.29) is 27.7 Å². The number of ether oxygens (including phenoxy) is 2. The minimum absolute atomic E-state index is 0.0155. The number of benzene rings is 2. The molecule has 3 rings (SSSR count). The highest BCUT2D eigenvalue weighted by atomic mass is 35.5. The summed E-state index contributed by atoms with van der Waals surface area (Å²) in [4.78, 5) is 16.4. The second-order valence-electron chi connectivity index (χ2n) is 6.34. The summed E-state index contributed by atoms with van der Waals surface area (Å²) in [7, 11) is -1.13. The zero-order chi connectivity index (χ0) is 22.4. The van der Waals surface area contributed by atoms with Crippen LogP contribution >= 0.6 is 11.6 Å². The summed E-state index contributed by atoms with van der Waals surface area (Å²) in [6.45, 7) is 0.208. The van der Waals surface area contributed by atoms with Gasteiger partial charge in [-0.1, -0.05) is 29.8 Å². The molecule has 0 unspecified atom stereocenters. The van der Waals surface area contributed by atoms with Gasteiger partial charge in [-0.05, 0) is 35.9 Å². The summed E-state index contributed by atoms with van der Waals surface area (Å²) in [5.41, 5.74) is 1.16. The smallest absolute Gasteiger partial charge is 0.263 e. The van der Waals surface area contributed by atoms with Crippen molar-refractivity contribution in [2.24, 2.45) is 0 Å². The lowest BCUT2D eigenvalue weighted by atomic mass is 10.2. The number of rotatable bonds is 8. The number of nitrogens with zero attached hydrogens (tertiary/aromatic N) is 1. The van der Waals surface area contributed by atoms with Crippen molar-refractivity contribution in [3.63, 3.8) is 0 Å². The maximum Gasteiger partial charge on any atom is 0.263 e. The van der Waals surface area contributed by atoms with Crippen molar-refractivity contribution in [1.29, 1.82) is 0 Å². The van der Waals surface area contributed by atoms with E-state index in [0.717, 1.165) is 5.56 Å². The summed E-state index contributed by atoms with van der Waals surface area (Å²) in [6, 6.07) is 14.0. The molecular formula is C21H20ClN3O5S. The van der Waals surface area contributed by atoms with E-state index in [1.165, 1.54) is 32.4 Å². The third kappa shape index (κ3) is 5.44. The summed E-state index contributed by atoms with van der Waals surface area (Å²) in [5, 5.41) is 2.71. The van der Waals surface area contributed by atoms with Crippen LogP contribution in [0.1, 0.15) is 15.9 Å². The highest BCUT2D eigenvalue weighted by Gasteiger charge is 2.21. The predicted molar refractivity (Wildman–Crippen MR) is 117 cm³/mol. The normalized spacial score (nSPS) is 10.9. The van der Waals surface area contributed by atoms with Gasteiger partial charge in [-0.25, -0.2) is 13.4 Å². The van der Waals surface area contributed by atoms with Crippen LogP contribution in [0.4, 0.5) is 5.69 Å². The van der Waals surface area contributed by atoms with E-state index in [0.29, 0.717) is 11.6 Å². The monoisotopic (exact) mass is 461 g/mol. The van der Waals surface area contributed by atoms with Crippen molar-refractivity contribution in [1.82, 2.24) is 10.3 Å². The van der Waals surface area contributed by atoms with Gasteiger partial charge in [0.2, 0.25) is 5.88 Å². The molecule has 0 saturated carbocycles. The number of carbonyl (C=O) groups is 1. The Balaban J connectivity index is 1.79. The number of amides is 1. The number of hydrogen-bond donors (Lipinski definition) is 2. The van der Waals surface area contributed by atoms with Gasteiger partial charge in [0.25, 0.3) is 15.9 Å². The van der Waals surface area contributed by atoms with Crippen molar-refractivity contribution >= 4 is 33.2 Å². The van der Waals surface area contributed by atoms with Crippen molar-refractivity contribution in [3.8, 4) is 11.6 Å². The quantitative estimate of drug-likeness (QED) is 0.532. The average Bonchev–Trinajstić information content (AvgIpc) is 2.78. The van der Waals surface area contributed by atoms with Crippen molar-refractivity contribution in [3.05, 3.63) is 76.9 Å². The lowest BCUT2D eigenvalue weighted by molar-refractivity contribution is 0.0950. The third-order valence-electron chi connectivity index (χ3n) is 4.29. The fourth-order valence-electron chi connectivity index (χ4n) is 2.70. The van der Waals surface area contributed by atoms with Crippen LogP contribution in [0.15, 0.2) is 65.7 Å². The zero-order valence-electron chi connectivity index (χ0n) is 16.8. The van der Waals surface area contributed by atoms with Gasteiger partial charge in [0, 0.05) is 24.4 Å². The van der Waals surface area contributed by atoms with Crippen LogP contribution in [0, 0.1) is 0 Å². The Morgan fingerprint density at radius 1 is 1.06 bits per heavy atom. The minimum atomic E-state index is -4.07. The molecule has 0 fully saturated rings. The second-order valence-corrected chi connectivity index (χ2v) is 8.40. The van der Waals surface area contributed by atoms with Gasteiger partial charge in [-0.2, -0.15) is 0 Å². The highest BCUT2D eigenvalue weighted by Crippen LogP contribution is 2.29. The first-order valence-electron chi connectivity index (χ1n) is 9.06. The molecule has 0 atom stereocenters. The number of halogens is 1. The molecule has 0 spiro atoms. The number of anilines is 1. The molecule has 1 aromatic heterocycles. The number of carbonyl (C=O) groups excluding carboxylic acids is 1. The Bertz CT molecular complexity index is 1180. The van der Waals surface area contributed by atoms with Crippen molar-refractivity contribution in [2.75, 3.05) is 18.9 Å². The number of pyridine rings is 1. The second kappa shape index (κ2) is 9.67. The van der Waals surface area contributed by atoms with Gasteiger partial charge < -0.3 is 14.8 Å². The van der Waals surface area contributed by atoms with Crippen LogP contribution in [-0.2, 0) is 16.6 Å². The number of nitrogens with one attached hydrogen (secondary N) is 2. The Kier molecular flexibility index (Phi) is 6.98. The van der Waals surface area contributed by atoms with Crippen LogP contribution in [0.2, 0.25) is 5.02 Å². The molecule has 0 radical (unpaired) electrons. The first-order chi connectivity index (χ1) is 14.8. The molecule has 0 saturated heterocycles. The summed E-state index contributed by atoms with van der Waals surface area (Å²) in [6.07, 6.45) is 1.58. The summed E-state index contributed by atoms with van der Waals surface area (Å²) < 4.78 is 38.4. The summed E-state index contributed by atoms with van der Waals surface area (Å²) >= 11 is 6.12. The standard InChI is InChI=1S/C21H20ClN3O5S/c1-29-18-6-4-3-5-17(18)25-31(27,28)19-11-15(8-9-16(19)22)21(26)24-13-14-7-10-20(30-2)23-12-14/h3-12,25H,13H2,1-2H3,(H,24,26). The number of methoxy groups -OCH3 is 2. The number of aromatic nitrogens is 1. The lowest BCUT2D eigenvalue weighted by Gasteiger charge is -2.13. The summed E-state index contributed by atoms with van der Waals surface area (Å²) in [5.74, 6) is 0.357. The van der Waals surface area contributed by atoms with Gasteiger partial charge in [-0.15, -0.1) is 0 Å². The van der Waals surface area contributed by atoms with E-state index in [4.69, 9.17) is 21.1 Å². The lowest BCUT2D eigenvalue weighted by Crippen LogP contribution is -2.23. The number of sulfonamides is 1. The number of hydrogen-bond acceptors (Lipinski definition) is 6. The Morgan fingerprint density at radius 3 is 2.52 bits per heavy atom. The molecule has 1 heterocycles. The van der Waals surface area contributed by atoms with Gasteiger partial charge in [0.05, 0.1) is 24.9 Å². The van der Waals surface area contributed by atoms with E-state index < -0.39 is 15.9 Å². The fraction of sp³-hybridized carbons (Fsp3) is 0.143. The highest BCUT2D eigenvalue weighted by molar-refractivity contribution is 7.92. The molecule has 31 heavy (non-hydrogen) atoms. The first-order valence-corrected chi connectivity index (χ1v) is 10.9. The molecule has 0 aliphatic rings. The Labute approximate surface area is 185 Å². The fourth-order valence-corrected chi connectivity index (χ4v) is 4.30. The molecule has 3 aromatic rings. The van der Waals surface area contributed by atoms with E-state index in [1.54, 1.807) is 42.6 Å².